The Hall–Kier alpha value is -1.91. The molecule has 2 rings (SSSR count). The summed E-state index contributed by atoms with van der Waals surface area (Å²) >= 11 is 0. The van der Waals surface area contributed by atoms with Gasteiger partial charge in [-0.25, -0.2) is 9.18 Å². The zero-order valence-corrected chi connectivity index (χ0v) is 7.62. The van der Waals surface area contributed by atoms with Crippen molar-refractivity contribution in [2.45, 2.75) is 6.42 Å². The van der Waals surface area contributed by atoms with Crippen LogP contribution in [-0.2, 0) is 0 Å². The molecule has 0 fully saturated rings. The van der Waals surface area contributed by atoms with Gasteiger partial charge in [-0.3, -0.25) is 4.79 Å². The fourth-order valence-corrected chi connectivity index (χ4v) is 1.45. The van der Waals surface area contributed by atoms with Crippen molar-refractivity contribution in [3.8, 4) is 5.75 Å². The molecule has 0 aliphatic carbocycles. The number of fused-ring (bicyclic) bond motifs is 1. The van der Waals surface area contributed by atoms with E-state index >= 15 is 0 Å². The minimum Gasteiger partial charge on any atom is -0.489 e. The van der Waals surface area contributed by atoms with Crippen LogP contribution in [0.25, 0.3) is 0 Å². The van der Waals surface area contributed by atoms with Gasteiger partial charge in [-0.05, 0) is 12.1 Å². The summed E-state index contributed by atoms with van der Waals surface area (Å²) in [6, 6.07) is 1.99. The van der Waals surface area contributed by atoms with E-state index in [9.17, 15) is 14.0 Å². The third kappa shape index (κ3) is 1.56. The number of rotatable bonds is 1. The highest BCUT2D eigenvalue weighted by atomic mass is 19.1. The molecule has 0 saturated heterocycles. The second-order valence-electron chi connectivity index (χ2n) is 3.16. The number of ketones is 1. The largest absolute Gasteiger partial charge is 0.489 e. The lowest BCUT2D eigenvalue weighted by Crippen LogP contribution is -2.17. The summed E-state index contributed by atoms with van der Waals surface area (Å²) in [7, 11) is 0. The molecule has 0 unspecified atom stereocenters. The third-order valence-corrected chi connectivity index (χ3v) is 2.17. The maximum atomic E-state index is 13.3. The highest BCUT2D eigenvalue weighted by Gasteiger charge is 2.24. The highest BCUT2D eigenvalue weighted by Crippen LogP contribution is 2.29. The maximum absolute atomic E-state index is 13.3. The number of carbonyl (C=O) groups excluding carboxylic acids is 1. The van der Waals surface area contributed by atoms with Gasteiger partial charge in [0, 0.05) is 6.42 Å². The van der Waals surface area contributed by atoms with Gasteiger partial charge in [-0.1, -0.05) is 0 Å². The van der Waals surface area contributed by atoms with Crippen LogP contribution in [0.2, 0.25) is 0 Å². The van der Waals surface area contributed by atoms with Gasteiger partial charge >= 0.3 is 5.97 Å². The Labute approximate surface area is 84.3 Å². The molecule has 0 radical (unpaired) electrons. The lowest BCUT2D eigenvalue weighted by Gasteiger charge is -2.16. The van der Waals surface area contributed by atoms with Crippen LogP contribution in [0.4, 0.5) is 4.39 Å². The second-order valence-corrected chi connectivity index (χ2v) is 3.16. The summed E-state index contributed by atoms with van der Waals surface area (Å²) in [5.41, 5.74) is -0.233. The first-order valence-electron chi connectivity index (χ1n) is 4.32. The Morgan fingerprint density at radius 3 is 2.87 bits per heavy atom. The van der Waals surface area contributed by atoms with Gasteiger partial charge in [0.25, 0.3) is 0 Å². The van der Waals surface area contributed by atoms with Crippen molar-refractivity contribution in [1.29, 1.82) is 0 Å². The van der Waals surface area contributed by atoms with Crippen molar-refractivity contribution in [1.82, 2.24) is 0 Å². The summed E-state index contributed by atoms with van der Waals surface area (Å²) in [5, 5.41) is 8.68. The fraction of sp³-hybridized carbons (Fsp3) is 0.200. The minimum atomic E-state index is -1.27. The SMILES string of the molecule is O=C(O)c1cc(F)c2c(c1)C(=O)CCO2. The first-order valence-corrected chi connectivity index (χ1v) is 4.32. The van der Waals surface area contributed by atoms with E-state index in [-0.39, 0.29) is 35.7 Å². The van der Waals surface area contributed by atoms with Gasteiger partial charge in [0.05, 0.1) is 17.7 Å². The smallest absolute Gasteiger partial charge is 0.335 e. The number of ether oxygens (including phenoxy) is 1. The molecule has 1 aromatic rings. The average molecular weight is 210 g/mol. The van der Waals surface area contributed by atoms with Crippen LogP contribution in [-0.4, -0.2) is 23.5 Å². The molecule has 1 aliphatic rings. The number of halogens is 1. The quantitative estimate of drug-likeness (QED) is 0.762. The molecule has 0 saturated carbocycles. The topological polar surface area (TPSA) is 63.6 Å². The molecule has 0 spiro atoms. The molecule has 0 amide bonds. The molecule has 78 valence electrons. The minimum absolute atomic E-state index is 0.0126. The highest BCUT2D eigenvalue weighted by molar-refractivity contribution is 6.02. The van der Waals surface area contributed by atoms with Crippen LogP contribution >= 0.6 is 0 Å². The van der Waals surface area contributed by atoms with Crippen molar-refractivity contribution < 1.29 is 23.8 Å². The Balaban J connectivity index is 2.61. The summed E-state index contributed by atoms with van der Waals surface area (Å²) < 4.78 is 18.3. The van der Waals surface area contributed by atoms with E-state index in [1.165, 1.54) is 0 Å². The Kier molecular flexibility index (Phi) is 2.15. The lowest BCUT2D eigenvalue weighted by molar-refractivity contribution is 0.0696. The molecule has 5 heteroatoms. The number of Topliss-reactive ketones (excluding diaryl/α,β-unsaturated/α-hetero) is 1. The van der Waals surface area contributed by atoms with Crippen molar-refractivity contribution in [3.63, 3.8) is 0 Å². The van der Waals surface area contributed by atoms with Crippen LogP contribution in [0.1, 0.15) is 27.1 Å². The standard InChI is InChI=1S/C10H7FO4/c11-7-4-5(10(13)14)3-6-8(12)1-2-15-9(6)7/h3-4H,1-2H2,(H,13,14). The molecule has 0 aromatic heterocycles. The summed E-state index contributed by atoms with van der Waals surface area (Å²) in [6.45, 7) is 0.134. The van der Waals surface area contributed by atoms with Gasteiger partial charge in [0.1, 0.15) is 0 Å². The maximum Gasteiger partial charge on any atom is 0.335 e. The fourth-order valence-electron chi connectivity index (χ4n) is 1.45. The first kappa shape index (κ1) is 9.64. The summed E-state index contributed by atoms with van der Waals surface area (Å²) in [6.07, 6.45) is 0.148. The molecule has 0 atom stereocenters. The van der Waals surface area contributed by atoms with Crippen LogP contribution in [0.5, 0.6) is 5.75 Å². The molecule has 1 aliphatic heterocycles. The van der Waals surface area contributed by atoms with Crippen molar-refractivity contribution in [3.05, 3.63) is 29.1 Å². The predicted octanol–water partition coefficient (Wildman–Crippen LogP) is 1.49. The number of benzene rings is 1. The van der Waals surface area contributed by atoms with E-state index in [1.54, 1.807) is 0 Å². The molecule has 0 bridgehead atoms. The van der Waals surface area contributed by atoms with E-state index in [0.29, 0.717) is 0 Å². The summed E-state index contributed by atoms with van der Waals surface area (Å²) in [4.78, 5) is 22.0. The Morgan fingerprint density at radius 2 is 2.20 bits per heavy atom. The predicted molar refractivity (Wildman–Crippen MR) is 47.8 cm³/mol. The van der Waals surface area contributed by atoms with Crippen LogP contribution in [0.3, 0.4) is 0 Å². The Morgan fingerprint density at radius 1 is 1.47 bits per heavy atom. The number of hydrogen-bond acceptors (Lipinski definition) is 3. The Bertz CT molecular complexity index is 453. The van der Waals surface area contributed by atoms with Gasteiger partial charge < -0.3 is 9.84 Å². The van der Waals surface area contributed by atoms with Crippen molar-refractivity contribution in [2.75, 3.05) is 6.61 Å². The zero-order chi connectivity index (χ0) is 11.0. The second kappa shape index (κ2) is 3.34. The normalized spacial score (nSPS) is 14.3. The van der Waals surface area contributed by atoms with E-state index in [1.807, 2.05) is 0 Å². The van der Waals surface area contributed by atoms with Crippen LogP contribution < -0.4 is 4.74 Å². The molecule has 1 N–H and O–H groups in total. The van der Waals surface area contributed by atoms with Gasteiger partial charge in [0.2, 0.25) is 0 Å². The van der Waals surface area contributed by atoms with E-state index in [0.717, 1.165) is 12.1 Å². The average Bonchev–Trinajstić information content (AvgIpc) is 2.19. The molecule has 15 heavy (non-hydrogen) atoms. The van der Waals surface area contributed by atoms with Gasteiger partial charge in [-0.15, -0.1) is 0 Å². The number of carboxylic acid groups (broad SMARTS) is 1. The summed E-state index contributed by atoms with van der Waals surface area (Å²) in [5.74, 6) is -2.51. The zero-order valence-electron chi connectivity index (χ0n) is 7.62. The van der Waals surface area contributed by atoms with Crippen LogP contribution in [0, 0.1) is 5.82 Å². The third-order valence-electron chi connectivity index (χ3n) is 2.17. The van der Waals surface area contributed by atoms with Gasteiger partial charge in [0.15, 0.2) is 17.3 Å². The molecular formula is C10H7FO4. The van der Waals surface area contributed by atoms with Crippen LogP contribution in [0.15, 0.2) is 12.1 Å². The number of hydrogen-bond donors (Lipinski definition) is 1. The number of carbonyl (C=O) groups is 2. The van der Waals surface area contributed by atoms with E-state index in [2.05, 4.69) is 0 Å². The van der Waals surface area contributed by atoms with E-state index in [4.69, 9.17) is 9.84 Å². The number of aromatic carboxylic acids is 1. The lowest BCUT2D eigenvalue weighted by atomic mass is 10.0. The van der Waals surface area contributed by atoms with Gasteiger partial charge in [-0.2, -0.15) is 0 Å². The van der Waals surface area contributed by atoms with E-state index < -0.39 is 11.8 Å². The van der Waals surface area contributed by atoms with Crippen molar-refractivity contribution >= 4 is 11.8 Å². The molecule has 1 aromatic carbocycles. The first-order chi connectivity index (χ1) is 7.09. The number of carboxylic acids is 1. The molecule has 1 heterocycles. The monoisotopic (exact) mass is 210 g/mol. The van der Waals surface area contributed by atoms with Crippen molar-refractivity contribution in [2.24, 2.45) is 0 Å². The molecule has 4 nitrogen and oxygen atoms in total. The molecular weight excluding hydrogens is 203 g/mol.